The molecular weight excluding hydrogens is 144 g/mol. The Morgan fingerprint density at radius 3 is 2.22 bits per heavy atom. The standard InChI is InChI=1S/C3H6O4S.C/c1-2-3-7-8(4,5)6;/h2H,1,3H2,(H,4,5,6);. The molecule has 0 saturated heterocycles. The molecular formula is C4H6O4S. The minimum absolute atomic E-state index is 0. The summed E-state index contributed by atoms with van der Waals surface area (Å²) in [5, 5.41) is 0. The molecule has 0 aliphatic carbocycles. The van der Waals surface area contributed by atoms with Gasteiger partial charge in [-0.3, -0.25) is 4.55 Å². The van der Waals surface area contributed by atoms with Crippen molar-refractivity contribution in [3.63, 3.8) is 0 Å². The van der Waals surface area contributed by atoms with Crippen LogP contribution < -0.4 is 0 Å². The molecule has 0 aromatic rings. The number of rotatable bonds is 3. The predicted molar refractivity (Wildman–Crippen MR) is 30.9 cm³/mol. The lowest BCUT2D eigenvalue weighted by atomic mass is 10.7. The van der Waals surface area contributed by atoms with E-state index in [2.05, 4.69) is 10.8 Å². The van der Waals surface area contributed by atoms with Gasteiger partial charge >= 0.3 is 10.4 Å². The van der Waals surface area contributed by atoms with Gasteiger partial charge in [-0.15, -0.1) is 6.58 Å². The van der Waals surface area contributed by atoms with Crippen molar-refractivity contribution in [1.29, 1.82) is 0 Å². The molecule has 0 spiro atoms. The third-order valence-corrected chi connectivity index (χ3v) is 0.769. The Hall–Kier alpha value is -0.390. The lowest BCUT2D eigenvalue weighted by Gasteiger charge is -1.90. The molecule has 9 heavy (non-hydrogen) atoms. The summed E-state index contributed by atoms with van der Waals surface area (Å²) >= 11 is 0. The zero-order valence-corrected chi connectivity index (χ0v) is 5.39. The van der Waals surface area contributed by atoms with Gasteiger partial charge in [0, 0.05) is 7.43 Å². The number of hydrogen-bond acceptors (Lipinski definition) is 3. The minimum Gasteiger partial charge on any atom is -0.264 e. The van der Waals surface area contributed by atoms with Crippen LogP contribution in [0.2, 0.25) is 0 Å². The fourth-order valence-electron chi connectivity index (χ4n) is 0.134. The molecule has 4 radical (unpaired) electrons. The summed E-state index contributed by atoms with van der Waals surface area (Å²) in [6.45, 7) is 2.97. The highest BCUT2D eigenvalue weighted by molar-refractivity contribution is 7.80. The van der Waals surface area contributed by atoms with Crippen LogP contribution in [-0.2, 0) is 14.6 Å². The zero-order chi connectivity index (χ0) is 6.62. The molecule has 0 aliphatic rings. The van der Waals surface area contributed by atoms with Crippen LogP contribution in [0.1, 0.15) is 0 Å². The van der Waals surface area contributed by atoms with E-state index in [-0.39, 0.29) is 14.0 Å². The molecule has 0 heterocycles. The SMILES string of the molecule is C=CCOS(=O)(=O)O.[C]. The van der Waals surface area contributed by atoms with Crippen molar-refractivity contribution in [1.82, 2.24) is 0 Å². The largest absolute Gasteiger partial charge is 0.397 e. The van der Waals surface area contributed by atoms with Crippen molar-refractivity contribution in [3.8, 4) is 0 Å². The van der Waals surface area contributed by atoms with Crippen molar-refractivity contribution >= 4 is 10.4 Å². The number of hydrogen-bond donors (Lipinski definition) is 1. The van der Waals surface area contributed by atoms with Gasteiger partial charge in [-0.2, -0.15) is 8.42 Å². The van der Waals surface area contributed by atoms with E-state index in [1.807, 2.05) is 0 Å². The minimum atomic E-state index is -4.26. The van der Waals surface area contributed by atoms with E-state index >= 15 is 0 Å². The molecule has 0 amide bonds. The van der Waals surface area contributed by atoms with Gasteiger partial charge in [0.1, 0.15) is 0 Å². The maximum atomic E-state index is 9.68. The molecule has 0 atom stereocenters. The molecule has 0 bridgehead atoms. The Labute approximate surface area is 55.1 Å². The molecule has 4 nitrogen and oxygen atoms in total. The monoisotopic (exact) mass is 150 g/mol. The molecule has 0 aromatic heterocycles. The van der Waals surface area contributed by atoms with E-state index in [4.69, 9.17) is 4.55 Å². The van der Waals surface area contributed by atoms with Gasteiger partial charge in [-0.1, -0.05) is 6.08 Å². The van der Waals surface area contributed by atoms with E-state index in [0.717, 1.165) is 0 Å². The van der Waals surface area contributed by atoms with Crippen molar-refractivity contribution in [2.75, 3.05) is 6.61 Å². The van der Waals surface area contributed by atoms with Gasteiger partial charge in [0.2, 0.25) is 0 Å². The summed E-state index contributed by atoms with van der Waals surface area (Å²) in [5.74, 6) is 0. The molecule has 0 aromatic carbocycles. The fourth-order valence-corrected chi connectivity index (χ4v) is 0.402. The summed E-state index contributed by atoms with van der Waals surface area (Å²) in [6, 6.07) is 0. The smallest absolute Gasteiger partial charge is 0.264 e. The Morgan fingerprint density at radius 2 is 2.11 bits per heavy atom. The Balaban J connectivity index is 0. The van der Waals surface area contributed by atoms with Gasteiger partial charge in [-0.05, 0) is 0 Å². The quantitative estimate of drug-likeness (QED) is 0.457. The highest BCUT2D eigenvalue weighted by Crippen LogP contribution is 1.83. The summed E-state index contributed by atoms with van der Waals surface area (Å²) in [4.78, 5) is 0. The van der Waals surface area contributed by atoms with Crippen LogP contribution in [0.4, 0.5) is 0 Å². The average molecular weight is 150 g/mol. The molecule has 52 valence electrons. The average Bonchev–Trinajstić information content (AvgIpc) is 1.59. The van der Waals surface area contributed by atoms with Crippen molar-refractivity contribution in [3.05, 3.63) is 20.1 Å². The highest BCUT2D eigenvalue weighted by Gasteiger charge is 1.99. The Bertz CT molecular complexity index is 157. The van der Waals surface area contributed by atoms with E-state index in [0.29, 0.717) is 0 Å². The zero-order valence-electron chi connectivity index (χ0n) is 4.57. The van der Waals surface area contributed by atoms with E-state index in [9.17, 15) is 8.42 Å². The van der Waals surface area contributed by atoms with Crippen LogP contribution in [0.5, 0.6) is 0 Å². The first-order chi connectivity index (χ1) is 3.56. The summed E-state index contributed by atoms with van der Waals surface area (Å²) in [5.41, 5.74) is 0. The first-order valence-electron chi connectivity index (χ1n) is 1.79. The van der Waals surface area contributed by atoms with Gasteiger partial charge < -0.3 is 0 Å². The van der Waals surface area contributed by atoms with E-state index in [1.54, 1.807) is 0 Å². The molecule has 0 saturated carbocycles. The lowest BCUT2D eigenvalue weighted by Crippen LogP contribution is -2.02. The van der Waals surface area contributed by atoms with Gasteiger partial charge in [0.05, 0.1) is 6.61 Å². The normalized spacial score (nSPS) is 9.89. The van der Waals surface area contributed by atoms with Gasteiger partial charge in [-0.25, -0.2) is 4.18 Å². The van der Waals surface area contributed by atoms with E-state index in [1.165, 1.54) is 6.08 Å². The van der Waals surface area contributed by atoms with Crippen LogP contribution >= 0.6 is 0 Å². The fraction of sp³-hybridized carbons (Fsp3) is 0.250. The lowest BCUT2D eigenvalue weighted by molar-refractivity contribution is 0.296. The second-order valence-electron chi connectivity index (χ2n) is 1.00. The summed E-state index contributed by atoms with van der Waals surface area (Å²) in [6.07, 6.45) is 1.22. The van der Waals surface area contributed by atoms with Gasteiger partial charge in [0.25, 0.3) is 0 Å². The molecule has 0 rings (SSSR count). The second kappa shape index (κ2) is 4.49. The van der Waals surface area contributed by atoms with Crippen molar-refractivity contribution in [2.45, 2.75) is 0 Å². The van der Waals surface area contributed by atoms with Crippen LogP contribution in [-0.4, -0.2) is 19.6 Å². The third-order valence-electron chi connectivity index (χ3n) is 0.335. The second-order valence-corrected chi connectivity index (χ2v) is 2.09. The Kier molecular flexibility index (Phi) is 5.69. The highest BCUT2D eigenvalue weighted by atomic mass is 32.3. The predicted octanol–water partition coefficient (Wildman–Crippen LogP) is 0.0731. The van der Waals surface area contributed by atoms with Crippen molar-refractivity contribution in [2.24, 2.45) is 0 Å². The summed E-state index contributed by atoms with van der Waals surface area (Å²) < 4.78 is 31.0. The first kappa shape index (κ1) is 11.4. The van der Waals surface area contributed by atoms with E-state index < -0.39 is 10.4 Å². The van der Waals surface area contributed by atoms with Crippen LogP contribution in [0.3, 0.4) is 0 Å². The topological polar surface area (TPSA) is 63.6 Å². The van der Waals surface area contributed by atoms with Gasteiger partial charge in [0.15, 0.2) is 0 Å². The molecule has 0 aliphatic heterocycles. The maximum Gasteiger partial charge on any atom is 0.397 e. The Morgan fingerprint density at radius 1 is 1.67 bits per heavy atom. The van der Waals surface area contributed by atoms with Crippen LogP contribution in [0.25, 0.3) is 0 Å². The third kappa shape index (κ3) is 11.3. The van der Waals surface area contributed by atoms with Crippen LogP contribution in [0, 0.1) is 7.43 Å². The first-order valence-corrected chi connectivity index (χ1v) is 3.15. The molecule has 0 unspecified atom stereocenters. The molecule has 5 heteroatoms. The van der Waals surface area contributed by atoms with Crippen molar-refractivity contribution < 1.29 is 17.2 Å². The molecule has 1 N–H and O–H groups in total. The molecule has 0 fully saturated rings. The maximum absolute atomic E-state index is 9.68. The summed E-state index contributed by atoms with van der Waals surface area (Å²) in [7, 11) is -4.26. The van der Waals surface area contributed by atoms with Crippen LogP contribution in [0.15, 0.2) is 12.7 Å².